The molecule has 1 aliphatic rings. The average molecular weight is 279 g/mol. The van der Waals surface area contributed by atoms with Gasteiger partial charge in [-0.2, -0.15) is 5.26 Å². The van der Waals surface area contributed by atoms with Gasteiger partial charge in [-0.1, -0.05) is 25.7 Å². The van der Waals surface area contributed by atoms with E-state index in [1.54, 1.807) is 0 Å². The van der Waals surface area contributed by atoms with E-state index in [9.17, 15) is 10.1 Å². The molecule has 1 unspecified atom stereocenters. The van der Waals surface area contributed by atoms with Gasteiger partial charge in [-0.05, 0) is 40.8 Å². The van der Waals surface area contributed by atoms with Crippen molar-refractivity contribution >= 4 is 5.91 Å². The molecule has 0 aromatic heterocycles. The van der Waals surface area contributed by atoms with Crippen molar-refractivity contribution < 1.29 is 4.79 Å². The first kappa shape index (κ1) is 17.0. The second kappa shape index (κ2) is 7.64. The number of rotatable bonds is 5. The van der Waals surface area contributed by atoms with Crippen LogP contribution < -0.4 is 0 Å². The van der Waals surface area contributed by atoms with Crippen LogP contribution in [-0.2, 0) is 4.79 Å². The van der Waals surface area contributed by atoms with Gasteiger partial charge in [-0.25, -0.2) is 0 Å². The number of nitriles is 1. The first-order valence-electron chi connectivity index (χ1n) is 7.84. The molecule has 0 radical (unpaired) electrons. The molecule has 0 aromatic carbocycles. The summed E-state index contributed by atoms with van der Waals surface area (Å²) < 4.78 is 0. The number of hydrogen-bond donors (Lipinski definition) is 0. The van der Waals surface area contributed by atoms with Crippen LogP contribution in [0, 0.1) is 16.7 Å². The van der Waals surface area contributed by atoms with Crippen molar-refractivity contribution in [1.82, 2.24) is 9.80 Å². The summed E-state index contributed by atoms with van der Waals surface area (Å²) in [7, 11) is 4.03. The summed E-state index contributed by atoms with van der Waals surface area (Å²) in [4.78, 5) is 16.9. The van der Waals surface area contributed by atoms with Crippen molar-refractivity contribution in [3.05, 3.63) is 0 Å². The van der Waals surface area contributed by atoms with Crippen LogP contribution >= 0.6 is 0 Å². The standard InChI is InChI=1S/C16H29N3O/c1-5-19(14(2)12-18(3)4)15(20)16(13-17)10-8-6-7-9-11-16/h14H,5-12H2,1-4H3. The van der Waals surface area contributed by atoms with Crippen LogP contribution in [0.4, 0.5) is 0 Å². The summed E-state index contributed by atoms with van der Waals surface area (Å²) in [5, 5.41) is 9.64. The lowest BCUT2D eigenvalue weighted by Gasteiger charge is -2.36. The van der Waals surface area contributed by atoms with Gasteiger partial charge in [0.2, 0.25) is 5.91 Å². The van der Waals surface area contributed by atoms with E-state index in [0.29, 0.717) is 6.54 Å². The van der Waals surface area contributed by atoms with Gasteiger partial charge >= 0.3 is 0 Å². The maximum absolute atomic E-state index is 12.9. The molecule has 0 spiro atoms. The highest BCUT2D eigenvalue weighted by atomic mass is 16.2. The molecular formula is C16H29N3O. The Labute approximate surface area is 123 Å². The van der Waals surface area contributed by atoms with Crippen molar-refractivity contribution in [3.8, 4) is 6.07 Å². The zero-order valence-corrected chi connectivity index (χ0v) is 13.5. The third kappa shape index (κ3) is 3.96. The second-order valence-corrected chi connectivity index (χ2v) is 6.31. The number of nitrogens with zero attached hydrogens (tertiary/aromatic N) is 3. The number of carbonyl (C=O) groups excluding carboxylic acids is 1. The minimum absolute atomic E-state index is 0.0544. The van der Waals surface area contributed by atoms with Gasteiger partial charge in [0.15, 0.2) is 0 Å². The number of amides is 1. The molecule has 4 nitrogen and oxygen atoms in total. The minimum Gasteiger partial charge on any atom is -0.338 e. The van der Waals surface area contributed by atoms with Gasteiger partial charge in [-0.15, -0.1) is 0 Å². The molecule has 1 rings (SSSR count). The maximum Gasteiger partial charge on any atom is 0.243 e. The van der Waals surface area contributed by atoms with E-state index >= 15 is 0 Å². The number of likely N-dealkylation sites (N-methyl/N-ethyl adjacent to an activating group) is 2. The fourth-order valence-electron chi connectivity index (χ4n) is 3.26. The SMILES string of the molecule is CCN(C(=O)C1(C#N)CCCCCC1)C(C)CN(C)C. The van der Waals surface area contributed by atoms with Crippen LogP contribution in [-0.4, -0.2) is 48.9 Å². The Bertz CT molecular complexity index is 351. The molecule has 0 bridgehead atoms. The summed E-state index contributed by atoms with van der Waals surface area (Å²) in [6, 6.07) is 2.52. The first-order valence-corrected chi connectivity index (χ1v) is 7.84. The Morgan fingerprint density at radius 1 is 1.25 bits per heavy atom. The average Bonchev–Trinajstić information content (AvgIpc) is 2.64. The molecule has 4 heteroatoms. The van der Waals surface area contributed by atoms with Gasteiger partial charge in [0.25, 0.3) is 0 Å². The molecule has 1 amide bonds. The molecule has 0 saturated heterocycles. The normalized spacial score (nSPS) is 20.0. The van der Waals surface area contributed by atoms with E-state index in [0.717, 1.165) is 45.1 Å². The van der Waals surface area contributed by atoms with E-state index in [4.69, 9.17) is 0 Å². The Kier molecular flexibility index (Phi) is 6.48. The highest BCUT2D eigenvalue weighted by Gasteiger charge is 2.42. The molecule has 1 aliphatic carbocycles. The Morgan fingerprint density at radius 2 is 1.80 bits per heavy atom. The van der Waals surface area contributed by atoms with E-state index in [1.165, 1.54) is 0 Å². The maximum atomic E-state index is 12.9. The van der Waals surface area contributed by atoms with Crippen LogP contribution in [0.1, 0.15) is 52.4 Å². The molecule has 0 heterocycles. The lowest BCUT2D eigenvalue weighted by Crippen LogP contribution is -2.50. The fraction of sp³-hybridized carbons (Fsp3) is 0.875. The van der Waals surface area contributed by atoms with E-state index in [1.807, 2.05) is 25.9 Å². The van der Waals surface area contributed by atoms with E-state index in [-0.39, 0.29) is 11.9 Å². The predicted molar refractivity (Wildman–Crippen MR) is 81.2 cm³/mol. The highest BCUT2D eigenvalue weighted by Crippen LogP contribution is 2.36. The van der Waals surface area contributed by atoms with Gasteiger partial charge in [-0.3, -0.25) is 4.79 Å². The fourth-order valence-corrected chi connectivity index (χ4v) is 3.26. The lowest BCUT2D eigenvalue weighted by atomic mass is 9.80. The van der Waals surface area contributed by atoms with Crippen LogP contribution in [0.3, 0.4) is 0 Å². The first-order chi connectivity index (χ1) is 9.46. The summed E-state index contributed by atoms with van der Waals surface area (Å²) >= 11 is 0. The van der Waals surface area contributed by atoms with Crippen LogP contribution in [0.15, 0.2) is 0 Å². The lowest BCUT2D eigenvalue weighted by molar-refractivity contribution is -0.141. The van der Waals surface area contributed by atoms with Crippen molar-refractivity contribution in [3.63, 3.8) is 0 Å². The third-order valence-corrected chi connectivity index (χ3v) is 4.34. The molecule has 0 N–H and O–H groups in total. The van der Waals surface area contributed by atoms with E-state index in [2.05, 4.69) is 17.9 Å². The molecule has 1 saturated carbocycles. The molecule has 0 aromatic rings. The summed E-state index contributed by atoms with van der Waals surface area (Å²) in [5.41, 5.74) is -0.771. The highest BCUT2D eigenvalue weighted by molar-refractivity contribution is 5.85. The number of carbonyl (C=O) groups is 1. The molecule has 1 fully saturated rings. The Morgan fingerprint density at radius 3 is 2.20 bits per heavy atom. The Balaban J connectivity index is 2.89. The predicted octanol–water partition coefficient (Wildman–Crippen LogP) is 2.65. The van der Waals surface area contributed by atoms with Gasteiger partial charge in [0.05, 0.1) is 6.07 Å². The largest absolute Gasteiger partial charge is 0.338 e. The van der Waals surface area contributed by atoms with Crippen molar-refractivity contribution in [2.45, 2.75) is 58.4 Å². The van der Waals surface area contributed by atoms with Gasteiger partial charge < -0.3 is 9.80 Å². The van der Waals surface area contributed by atoms with E-state index < -0.39 is 5.41 Å². The van der Waals surface area contributed by atoms with Gasteiger partial charge in [0.1, 0.15) is 5.41 Å². The molecule has 1 atom stereocenters. The molecule has 114 valence electrons. The summed E-state index contributed by atoms with van der Waals surface area (Å²) in [6.45, 7) is 5.59. The smallest absolute Gasteiger partial charge is 0.243 e. The number of hydrogen-bond acceptors (Lipinski definition) is 3. The zero-order valence-electron chi connectivity index (χ0n) is 13.5. The van der Waals surface area contributed by atoms with Crippen molar-refractivity contribution in [2.24, 2.45) is 5.41 Å². The van der Waals surface area contributed by atoms with Gasteiger partial charge in [0, 0.05) is 19.1 Å². The topological polar surface area (TPSA) is 47.3 Å². The van der Waals surface area contributed by atoms with Crippen molar-refractivity contribution in [1.29, 1.82) is 5.26 Å². The van der Waals surface area contributed by atoms with Crippen LogP contribution in [0.2, 0.25) is 0 Å². The monoisotopic (exact) mass is 279 g/mol. The second-order valence-electron chi connectivity index (χ2n) is 6.31. The molecular weight excluding hydrogens is 250 g/mol. The van der Waals surface area contributed by atoms with Crippen LogP contribution in [0.5, 0.6) is 0 Å². The Hall–Kier alpha value is -1.08. The van der Waals surface area contributed by atoms with Crippen LogP contribution in [0.25, 0.3) is 0 Å². The molecule has 20 heavy (non-hydrogen) atoms. The molecule has 0 aliphatic heterocycles. The van der Waals surface area contributed by atoms with Crippen molar-refractivity contribution in [2.75, 3.05) is 27.2 Å². The zero-order chi connectivity index (χ0) is 15.2. The summed E-state index contributed by atoms with van der Waals surface area (Å²) in [5.74, 6) is 0.0544. The quantitative estimate of drug-likeness (QED) is 0.727. The summed E-state index contributed by atoms with van der Waals surface area (Å²) in [6.07, 6.45) is 5.75. The third-order valence-electron chi connectivity index (χ3n) is 4.34. The minimum atomic E-state index is -0.771.